The molecule has 12 nitrogen and oxygen atoms in total. The molecule has 2 aliphatic rings. The van der Waals surface area contributed by atoms with Gasteiger partial charge < -0.3 is 21.1 Å². The summed E-state index contributed by atoms with van der Waals surface area (Å²) in [6.45, 7) is 1.14. The van der Waals surface area contributed by atoms with Gasteiger partial charge in [-0.05, 0) is 88.5 Å². The van der Waals surface area contributed by atoms with Crippen LogP contribution in [0.3, 0.4) is 0 Å². The van der Waals surface area contributed by atoms with Crippen LogP contribution >= 0.6 is 135 Å². The minimum atomic E-state index is -4.05. The zero-order chi connectivity index (χ0) is 46.5. The number of carbonyl (C=O) groups is 2. The second-order valence-corrected chi connectivity index (χ2v) is 131. The van der Waals surface area contributed by atoms with Gasteiger partial charge in [-0.3, -0.25) is 4.79 Å². The summed E-state index contributed by atoms with van der Waals surface area (Å²) in [6, 6.07) is 24.1. The van der Waals surface area contributed by atoms with Crippen LogP contribution in [0.2, 0.25) is 0 Å². The quantitative estimate of drug-likeness (QED) is 0.0742. The predicted molar refractivity (Wildman–Crippen MR) is 300 cm³/mol. The van der Waals surface area contributed by atoms with E-state index in [1.54, 1.807) is 49.4 Å². The van der Waals surface area contributed by atoms with Crippen LogP contribution in [0.25, 0.3) is 0 Å². The Morgan fingerprint density at radius 2 is 1.18 bits per heavy atom. The molecule has 0 aliphatic carbocycles. The Labute approximate surface area is 439 Å². The molecule has 0 bridgehead atoms. The van der Waals surface area contributed by atoms with Crippen LogP contribution < -0.4 is 29.6 Å². The molecular formula is C35H31F4I9N5O7S2-. The van der Waals surface area contributed by atoms with Gasteiger partial charge in [-0.2, -0.15) is 25.6 Å². The number of sulfonamides is 2. The maximum absolute atomic E-state index is 14.2. The van der Waals surface area contributed by atoms with Crippen molar-refractivity contribution in [1.29, 1.82) is 0 Å². The Balaban J connectivity index is 0.000000245. The zero-order valence-corrected chi connectivity index (χ0v) is 52.2. The van der Waals surface area contributed by atoms with Crippen LogP contribution in [0.5, 0.6) is 0 Å². The van der Waals surface area contributed by atoms with Crippen LogP contribution in [-0.2, 0) is 46.2 Å². The van der Waals surface area contributed by atoms with Crippen LogP contribution in [-0.4, -0.2) is 53.4 Å². The van der Waals surface area contributed by atoms with Crippen LogP contribution in [0.15, 0.2) is 116 Å². The molecule has 27 heteroatoms. The number of nitrogens with two attached hydrogens (primary N) is 1. The van der Waals surface area contributed by atoms with Crippen molar-refractivity contribution in [1.82, 2.24) is 0 Å². The minimum Gasteiger partial charge on any atom is -0.335 e. The summed E-state index contributed by atoms with van der Waals surface area (Å²) in [5, 5.41) is 5.29. The Bertz CT molecular complexity index is 2480. The van der Waals surface area contributed by atoms with Crippen LogP contribution in [0, 0.1) is 7.14 Å². The number of hydrogen-bond acceptors (Lipinski definition) is 10. The molecule has 342 valence electrons. The van der Waals surface area contributed by atoms with E-state index in [1.165, 1.54) is 54.6 Å². The molecule has 0 unspecified atom stereocenters. The van der Waals surface area contributed by atoms with Gasteiger partial charge in [-0.15, -0.1) is 8.80 Å². The van der Waals surface area contributed by atoms with Crippen molar-refractivity contribution >= 4 is 190 Å². The molecule has 2 heterocycles. The molecule has 4 aromatic carbocycles. The zero-order valence-electron chi connectivity index (χ0n) is 31.1. The maximum Gasteiger partial charge on any atom is 0.286 e. The Morgan fingerprint density at radius 1 is 0.742 bits per heavy atom. The number of ether oxygens (including phenoxy) is 1. The number of Topliss-reactive ketones (excluding diaryl/α,β-unsaturated/α-hetero) is 1. The number of hydrogen-bond donors (Lipinski definition) is 3. The van der Waals surface area contributed by atoms with Crippen molar-refractivity contribution < 1.29 is 62.0 Å². The van der Waals surface area contributed by atoms with Gasteiger partial charge >= 0.3 is 109 Å². The number of ketones is 1. The van der Waals surface area contributed by atoms with E-state index in [0.717, 1.165) is 3.57 Å². The summed E-state index contributed by atoms with van der Waals surface area (Å²) in [4.78, 5) is 23.7. The number of fused-ring (bicyclic) bond motifs is 2. The van der Waals surface area contributed by atoms with E-state index in [4.69, 9.17) is 10.5 Å². The fraction of sp³-hybridized carbons (Fsp3) is 0.200. The SMILES string of the molecule is CCOC(=O)C1=NS(=O)(=O)c2cc(I)ccc2N1.I[I-]I(I)I(I)I.NCC(F)(F)c1ccccc1.O=C(CCC(F)(F)c1ccccc1)C1=NS(=O)(=O)c2cc(I)ccc2N1. The van der Waals surface area contributed by atoms with E-state index in [-0.39, 0.29) is 54.8 Å². The number of nitrogens with one attached hydrogen (secondary N) is 2. The summed E-state index contributed by atoms with van der Waals surface area (Å²) >= 11 is 15.4. The van der Waals surface area contributed by atoms with Gasteiger partial charge in [0.05, 0.1) is 24.5 Å². The fourth-order valence-corrected chi connectivity index (χ4v) is 218. The van der Waals surface area contributed by atoms with Crippen molar-refractivity contribution in [3.8, 4) is 0 Å². The molecule has 0 amide bonds. The molecule has 0 atom stereocenters. The first-order valence-electron chi connectivity index (χ1n) is 16.8. The molecular weight excluding hydrogens is 1880 g/mol. The Kier molecular flexibility index (Phi) is 24.8. The van der Waals surface area contributed by atoms with E-state index in [1.807, 2.05) is 45.2 Å². The molecule has 4 N–H and O–H groups in total. The van der Waals surface area contributed by atoms with Gasteiger partial charge in [0.25, 0.3) is 31.9 Å². The third-order valence-corrected chi connectivity index (χ3v) is 259. The number of rotatable bonds is 11. The normalized spacial score (nSPS) is 14.9. The third-order valence-electron chi connectivity index (χ3n) is 7.54. The van der Waals surface area contributed by atoms with E-state index in [2.05, 4.69) is 93.9 Å². The smallest absolute Gasteiger partial charge is 0.286 e. The van der Waals surface area contributed by atoms with Crippen molar-refractivity contribution in [2.45, 2.75) is 41.4 Å². The van der Waals surface area contributed by atoms with E-state index in [0.29, 0.717) is 22.5 Å². The predicted octanol–water partition coefficient (Wildman–Crippen LogP) is 9.37. The number of anilines is 2. The van der Waals surface area contributed by atoms with Crippen molar-refractivity contribution in [2.75, 3.05) is 23.8 Å². The number of carbonyl (C=O) groups excluding carboxylic acids is 2. The van der Waals surface area contributed by atoms with Gasteiger partial charge in [0.2, 0.25) is 5.84 Å². The van der Waals surface area contributed by atoms with Gasteiger partial charge in [0, 0.05) is 31.1 Å². The summed E-state index contributed by atoms with van der Waals surface area (Å²) in [5.41, 5.74) is 5.20. The van der Waals surface area contributed by atoms with Crippen molar-refractivity contribution in [3.63, 3.8) is 0 Å². The number of benzene rings is 4. The summed E-state index contributed by atoms with van der Waals surface area (Å²) in [7, 11) is -8.40. The van der Waals surface area contributed by atoms with Gasteiger partial charge in [0.15, 0.2) is 11.6 Å². The van der Waals surface area contributed by atoms with Crippen molar-refractivity contribution in [2.24, 2.45) is 14.5 Å². The number of esters is 1. The molecule has 6 rings (SSSR count). The number of nitrogens with zero attached hydrogens (tertiary/aromatic N) is 2. The van der Waals surface area contributed by atoms with Crippen LogP contribution in [0.4, 0.5) is 28.9 Å². The fourth-order valence-electron chi connectivity index (χ4n) is 4.70. The molecule has 0 saturated heterocycles. The number of halogens is 13. The van der Waals surface area contributed by atoms with E-state index >= 15 is 0 Å². The average Bonchev–Trinajstić information content (AvgIpc) is 3.24. The second-order valence-electron chi connectivity index (χ2n) is 11.7. The standard InChI is InChI=1S/C17H13F2IN2O3S.C10H9IN2O4S.C8H9F2N.I7/c18-17(19,11-4-2-1-3-5-11)9-8-14(23)16-21-13-7-6-12(20)10-15(13)26(24,25)22-16;1-2-17-10(14)9-12-7-4-3-6(11)5-8(7)18(15,16)13-9;9-8(10,6-11)7-4-2-1-3-5-7;1-5-7(4)6(2)3/h1-7,10H,8-9H2,(H,21,22);3-5H,2H2,1H3,(H,12,13);1-5H,6,11H2;/q;;;-1. The Hall–Kier alpha value is 1.11. The topological polar surface area (TPSA) is 186 Å². The first-order valence-corrected chi connectivity index (χ1v) is 59.5. The maximum atomic E-state index is 14.2. The van der Waals surface area contributed by atoms with E-state index < -0.39 is 68.9 Å². The molecule has 0 fully saturated rings. The van der Waals surface area contributed by atoms with Crippen molar-refractivity contribution in [3.05, 3.63) is 115 Å². The molecule has 4 aromatic rings. The molecule has 0 aromatic heterocycles. The third kappa shape index (κ3) is 17.9. The minimum absolute atomic E-state index is 0.0255. The average molecular weight is 1920 g/mol. The molecule has 2 aliphatic heterocycles. The molecule has 0 radical (unpaired) electrons. The van der Waals surface area contributed by atoms with E-state index in [9.17, 15) is 44.0 Å². The Morgan fingerprint density at radius 3 is 1.58 bits per heavy atom. The largest absolute Gasteiger partial charge is 0.335 e. The second kappa shape index (κ2) is 26.8. The van der Waals surface area contributed by atoms with Gasteiger partial charge in [0.1, 0.15) is 9.79 Å². The summed E-state index contributed by atoms with van der Waals surface area (Å²) in [5.74, 6) is -8.41. The molecule has 62 heavy (non-hydrogen) atoms. The first-order chi connectivity index (χ1) is 29.0. The molecule has 0 spiro atoms. The summed E-state index contributed by atoms with van der Waals surface area (Å²) in [6.07, 6.45) is -1.28. The monoisotopic (exact) mass is 1920 g/mol. The van der Waals surface area contributed by atoms with Crippen LogP contribution in [0.1, 0.15) is 30.9 Å². The number of amidine groups is 2. The van der Waals surface area contributed by atoms with Gasteiger partial charge in [-0.1, -0.05) is 60.7 Å². The molecule has 0 saturated carbocycles. The summed E-state index contributed by atoms with van der Waals surface area (Å²) < 4.78 is 115. The van der Waals surface area contributed by atoms with Gasteiger partial charge in [-0.25, -0.2) is 13.6 Å². The number of alkyl halides is 4. The first kappa shape index (κ1) is 57.4.